The van der Waals surface area contributed by atoms with E-state index in [2.05, 4.69) is 48.5 Å². The number of rotatable bonds is 7. The molecule has 1 heteroatoms. The van der Waals surface area contributed by atoms with Gasteiger partial charge in [-0.3, -0.25) is 4.79 Å². The normalized spacial score (nSPS) is 34.8. The molecule has 3 fully saturated rings. The van der Waals surface area contributed by atoms with Crippen molar-refractivity contribution in [2.45, 2.75) is 154 Å². The average molecular weight is 465 g/mol. The highest BCUT2D eigenvalue weighted by Crippen LogP contribution is 2.66. The molecule has 0 radical (unpaired) electrons. The molecule has 7 unspecified atom stereocenters. The van der Waals surface area contributed by atoms with Gasteiger partial charge in [0.1, 0.15) is 5.78 Å². The molecule has 0 aromatic heterocycles. The number of fused-ring (bicyclic) bond motifs is 3. The van der Waals surface area contributed by atoms with Gasteiger partial charge in [0.2, 0.25) is 0 Å². The fourth-order valence-corrected chi connectivity index (χ4v) is 8.29. The first-order chi connectivity index (χ1) is 15.2. The summed E-state index contributed by atoms with van der Waals surface area (Å²) in [6.07, 6.45) is 15.4. The summed E-state index contributed by atoms with van der Waals surface area (Å²) in [5, 5.41) is 0. The standard InChI is InChI=1S/C26H46O.C3H8.C2H6.CH4/c1-7-9-19-11-13-21-23(25(19,4)5)16-17-26(6)22(14-15-24(21)26)18(3)10-12-20(27)8-2;1-3-2;1-2;/h18-19,21-24H,7-17H2,1-6H3;3H2,1-2H3;1-2H3;1H4. The van der Waals surface area contributed by atoms with Gasteiger partial charge in [0.05, 0.1) is 0 Å². The zero-order chi connectivity index (χ0) is 24.5. The van der Waals surface area contributed by atoms with Crippen LogP contribution in [0.15, 0.2) is 0 Å². The maximum Gasteiger partial charge on any atom is 0.132 e. The van der Waals surface area contributed by atoms with Crippen molar-refractivity contribution < 1.29 is 4.79 Å². The van der Waals surface area contributed by atoms with E-state index < -0.39 is 0 Å². The first kappa shape index (κ1) is 32.7. The largest absolute Gasteiger partial charge is 0.300 e. The van der Waals surface area contributed by atoms with Crippen molar-refractivity contribution in [1.82, 2.24) is 0 Å². The van der Waals surface area contributed by atoms with Crippen LogP contribution in [-0.2, 0) is 4.79 Å². The van der Waals surface area contributed by atoms with Crippen LogP contribution >= 0.6 is 0 Å². The minimum Gasteiger partial charge on any atom is -0.300 e. The second-order valence-electron chi connectivity index (χ2n) is 12.1. The molecule has 7 atom stereocenters. The van der Waals surface area contributed by atoms with Gasteiger partial charge in [-0.2, -0.15) is 0 Å². The van der Waals surface area contributed by atoms with Crippen LogP contribution in [0.4, 0.5) is 0 Å². The summed E-state index contributed by atoms with van der Waals surface area (Å²) in [6.45, 7) is 22.9. The summed E-state index contributed by atoms with van der Waals surface area (Å²) < 4.78 is 0. The van der Waals surface area contributed by atoms with Crippen molar-refractivity contribution in [3.8, 4) is 0 Å². The third-order valence-electron chi connectivity index (χ3n) is 9.96. The summed E-state index contributed by atoms with van der Waals surface area (Å²) in [5.41, 5.74) is 1.08. The van der Waals surface area contributed by atoms with E-state index in [1.807, 2.05) is 20.8 Å². The molecule has 3 saturated carbocycles. The topological polar surface area (TPSA) is 17.1 Å². The molecular formula is C32H64O. The molecule has 0 aromatic carbocycles. The lowest BCUT2D eigenvalue weighted by Crippen LogP contribution is -2.51. The van der Waals surface area contributed by atoms with E-state index in [-0.39, 0.29) is 7.43 Å². The average Bonchev–Trinajstić information content (AvgIpc) is 3.13. The molecule has 0 aliphatic heterocycles. The monoisotopic (exact) mass is 464 g/mol. The molecule has 0 bridgehead atoms. The van der Waals surface area contributed by atoms with E-state index in [4.69, 9.17) is 0 Å². The van der Waals surface area contributed by atoms with E-state index in [1.165, 1.54) is 57.8 Å². The highest BCUT2D eigenvalue weighted by Gasteiger charge is 2.58. The summed E-state index contributed by atoms with van der Waals surface area (Å²) in [5.74, 6) is 5.86. The van der Waals surface area contributed by atoms with Gasteiger partial charge < -0.3 is 0 Å². The zero-order valence-corrected chi connectivity index (χ0v) is 23.9. The lowest BCUT2D eigenvalue weighted by molar-refractivity contribution is -0.119. The van der Waals surface area contributed by atoms with Crippen molar-refractivity contribution in [1.29, 1.82) is 0 Å². The fraction of sp³-hybridized carbons (Fsp3) is 0.969. The molecule has 198 valence electrons. The highest BCUT2D eigenvalue weighted by atomic mass is 16.1. The predicted molar refractivity (Wildman–Crippen MR) is 150 cm³/mol. The van der Waals surface area contributed by atoms with Gasteiger partial charge in [-0.15, -0.1) is 0 Å². The summed E-state index contributed by atoms with van der Waals surface area (Å²) in [4.78, 5) is 11.8. The van der Waals surface area contributed by atoms with Crippen molar-refractivity contribution in [3.05, 3.63) is 0 Å². The number of hydrogen-bond acceptors (Lipinski definition) is 1. The van der Waals surface area contributed by atoms with Crippen LogP contribution in [0.3, 0.4) is 0 Å². The van der Waals surface area contributed by atoms with Crippen molar-refractivity contribution in [3.63, 3.8) is 0 Å². The summed E-state index contributed by atoms with van der Waals surface area (Å²) in [7, 11) is 0. The Hall–Kier alpha value is -0.330. The predicted octanol–water partition coefficient (Wildman–Crippen LogP) is 10.8. The van der Waals surface area contributed by atoms with E-state index >= 15 is 0 Å². The Balaban J connectivity index is 0.00000158. The minimum atomic E-state index is 0. The van der Waals surface area contributed by atoms with Crippen LogP contribution < -0.4 is 0 Å². The van der Waals surface area contributed by atoms with Gasteiger partial charge in [-0.25, -0.2) is 0 Å². The van der Waals surface area contributed by atoms with Crippen molar-refractivity contribution in [2.24, 2.45) is 46.3 Å². The highest BCUT2D eigenvalue weighted by molar-refractivity contribution is 5.77. The maximum absolute atomic E-state index is 11.8. The maximum atomic E-state index is 11.8. The smallest absolute Gasteiger partial charge is 0.132 e. The Morgan fingerprint density at radius 3 is 2.06 bits per heavy atom. The molecule has 1 nitrogen and oxygen atoms in total. The molecule has 33 heavy (non-hydrogen) atoms. The lowest BCUT2D eigenvalue weighted by Gasteiger charge is -2.58. The van der Waals surface area contributed by atoms with E-state index in [9.17, 15) is 4.79 Å². The van der Waals surface area contributed by atoms with Crippen LogP contribution in [0.25, 0.3) is 0 Å². The SMILES string of the molecule is C.CC.CCC.CCCC1CCC2C(CCC3(C)C(C(C)CCC(=O)CC)CCC23)C1(C)C. The van der Waals surface area contributed by atoms with E-state index in [1.54, 1.807) is 0 Å². The quantitative estimate of drug-likeness (QED) is 0.366. The fourth-order valence-electron chi connectivity index (χ4n) is 8.29. The van der Waals surface area contributed by atoms with Gasteiger partial charge >= 0.3 is 0 Å². The molecule has 3 rings (SSSR count). The van der Waals surface area contributed by atoms with Crippen LogP contribution in [0, 0.1) is 46.3 Å². The molecule has 0 aromatic rings. The van der Waals surface area contributed by atoms with E-state index in [0.29, 0.717) is 16.6 Å². The molecule has 0 amide bonds. The minimum absolute atomic E-state index is 0. The molecule has 3 aliphatic rings. The molecule has 0 spiro atoms. The van der Waals surface area contributed by atoms with Gasteiger partial charge in [0.25, 0.3) is 0 Å². The Labute approximate surface area is 210 Å². The van der Waals surface area contributed by atoms with Gasteiger partial charge in [0.15, 0.2) is 0 Å². The molecule has 0 heterocycles. The second-order valence-corrected chi connectivity index (χ2v) is 12.1. The van der Waals surface area contributed by atoms with Crippen molar-refractivity contribution >= 4 is 5.78 Å². The lowest BCUT2D eigenvalue weighted by atomic mass is 9.46. The summed E-state index contributed by atoms with van der Waals surface area (Å²) in [6, 6.07) is 0. The van der Waals surface area contributed by atoms with Gasteiger partial charge in [0, 0.05) is 12.8 Å². The van der Waals surface area contributed by atoms with Crippen LogP contribution in [0.2, 0.25) is 0 Å². The third-order valence-corrected chi connectivity index (χ3v) is 9.96. The molecule has 0 saturated heterocycles. The third kappa shape index (κ3) is 7.33. The molecular weight excluding hydrogens is 400 g/mol. The van der Waals surface area contributed by atoms with Crippen molar-refractivity contribution in [2.75, 3.05) is 0 Å². The zero-order valence-electron chi connectivity index (χ0n) is 23.9. The molecule has 3 aliphatic carbocycles. The van der Waals surface area contributed by atoms with Crippen LogP contribution in [0.5, 0.6) is 0 Å². The first-order valence-electron chi connectivity index (χ1n) is 14.7. The first-order valence-corrected chi connectivity index (χ1v) is 14.7. The van der Waals surface area contributed by atoms with Gasteiger partial charge in [-0.05, 0) is 91.3 Å². The van der Waals surface area contributed by atoms with Crippen LogP contribution in [-0.4, -0.2) is 5.78 Å². The Morgan fingerprint density at radius 1 is 0.909 bits per heavy atom. The number of Topliss-reactive ketones (excluding diaryl/α,β-unsaturated/α-hetero) is 1. The number of carbonyl (C=O) groups is 1. The van der Waals surface area contributed by atoms with E-state index in [0.717, 1.165) is 54.8 Å². The second kappa shape index (κ2) is 14.9. The Morgan fingerprint density at radius 2 is 1.52 bits per heavy atom. The molecule has 0 N–H and O–H groups in total. The summed E-state index contributed by atoms with van der Waals surface area (Å²) >= 11 is 0. The number of hydrogen-bond donors (Lipinski definition) is 0. The van der Waals surface area contributed by atoms with Crippen LogP contribution in [0.1, 0.15) is 154 Å². The Bertz CT molecular complexity index is 535. The number of ketones is 1. The van der Waals surface area contributed by atoms with Gasteiger partial charge in [-0.1, -0.05) is 95.9 Å². The number of carbonyl (C=O) groups excluding carboxylic acids is 1. The Kier molecular flexibility index (Phi) is 14.8.